The lowest BCUT2D eigenvalue weighted by Crippen LogP contribution is -2.60. The van der Waals surface area contributed by atoms with E-state index in [1.165, 1.54) is 18.2 Å². The first-order valence-electron chi connectivity index (χ1n) is 10.2. The molecule has 2 atom stereocenters. The van der Waals surface area contributed by atoms with Crippen LogP contribution in [0.4, 0.5) is 15.8 Å². The van der Waals surface area contributed by atoms with Crippen LogP contribution in [0.25, 0.3) is 0 Å². The van der Waals surface area contributed by atoms with Gasteiger partial charge in [0.2, 0.25) is 5.91 Å². The SMILES string of the molecule is CCNC(=O)[C@H]1Cc2cc([N+](=O)[O-])ccc2N2CCN(Cc3ccc(F)cc3)C[C@H]12. The fourth-order valence-electron chi connectivity index (χ4n) is 4.58. The normalized spacial score (nSPS) is 20.9. The van der Waals surface area contributed by atoms with Crippen molar-refractivity contribution < 1.29 is 14.1 Å². The number of rotatable bonds is 5. The maximum absolute atomic E-state index is 13.2. The summed E-state index contributed by atoms with van der Waals surface area (Å²) in [6.45, 7) is 5.36. The molecule has 0 aliphatic carbocycles. The highest BCUT2D eigenvalue weighted by molar-refractivity contribution is 5.82. The van der Waals surface area contributed by atoms with E-state index in [4.69, 9.17) is 0 Å². The Kier molecular flexibility index (Phi) is 5.67. The van der Waals surface area contributed by atoms with E-state index >= 15 is 0 Å². The van der Waals surface area contributed by atoms with Crippen molar-refractivity contribution in [2.45, 2.75) is 25.9 Å². The van der Waals surface area contributed by atoms with Crippen LogP contribution in [0.5, 0.6) is 0 Å². The van der Waals surface area contributed by atoms with Crippen LogP contribution in [0.15, 0.2) is 42.5 Å². The number of non-ortho nitro benzene ring substituents is 1. The second-order valence-corrected chi connectivity index (χ2v) is 7.90. The fourth-order valence-corrected chi connectivity index (χ4v) is 4.58. The summed E-state index contributed by atoms with van der Waals surface area (Å²) in [7, 11) is 0. The van der Waals surface area contributed by atoms with Gasteiger partial charge in [-0.15, -0.1) is 0 Å². The maximum Gasteiger partial charge on any atom is 0.269 e. The number of amides is 1. The van der Waals surface area contributed by atoms with Crippen LogP contribution in [-0.4, -0.2) is 48.0 Å². The van der Waals surface area contributed by atoms with Gasteiger partial charge in [0.25, 0.3) is 5.69 Å². The molecule has 2 heterocycles. The van der Waals surface area contributed by atoms with Gasteiger partial charge < -0.3 is 10.2 Å². The summed E-state index contributed by atoms with van der Waals surface area (Å²) in [5.74, 6) is -0.554. The van der Waals surface area contributed by atoms with E-state index in [-0.39, 0.29) is 29.4 Å². The maximum atomic E-state index is 13.2. The van der Waals surface area contributed by atoms with Crippen LogP contribution >= 0.6 is 0 Å². The topological polar surface area (TPSA) is 78.7 Å². The van der Waals surface area contributed by atoms with Gasteiger partial charge in [0.05, 0.1) is 16.9 Å². The Labute approximate surface area is 174 Å². The van der Waals surface area contributed by atoms with Crippen molar-refractivity contribution in [3.63, 3.8) is 0 Å². The predicted octanol–water partition coefficient (Wildman–Crippen LogP) is 2.73. The molecular formula is C22H25FN4O3. The largest absolute Gasteiger partial charge is 0.365 e. The number of halogens is 1. The highest BCUT2D eigenvalue weighted by atomic mass is 19.1. The molecule has 4 rings (SSSR count). The predicted molar refractivity (Wildman–Crippen MR) is 112 cm³/mol. The van der Waals surface area contributed by atoms with E-state index < -0.39 is 4.92 Å². The Hall–Kier alpha value is -3.00. The van der Waals surface area contributed by atoms with Crippen LogP contribution < -0.4 is 10.2 Å². The molecule has 2 aromatic carbocycles. The van der Waals surface area contributed by atoms with Crippen molar-refractivity contribution in [2.75, 3.05) is 31.1 Å². The van der Waals surface area contributed by atoms with Gasteiger partial charge in [0.1, 0.15) is 5.82 Å². The number of nitro benzene ring substituents is 1. The van der Waals surface area contributed by atoms with E-state index in [1.54, 1.807) is 18.2 Å². The van der Waals surface area contributed by atoms with Crippen molar-refractivity contribution in [1.29, 1.82) is 0 Å². The number of carbonyl (C=O) groups excluding carboxylic acids is 1. The van der Waals surface area contributed by atoms with Crippen LogP contribution in [0.2, 0.25) is 0 Å². The number of nitrogens with zero attached hydrogens (tertiary/aromatic N) is 3. The third kappa shape index (κ3) is 4.00. The summed E-state index contributed by atoms with van der Waals surface area (Å²) in [5, 5.41) is 14.1. The first-order chi connectivity index (χ1) is 14.5. The van der Waals surface area contributed by atoms with Gasteiger partial charge in [-0.05, 0) is 42.7 Å². The number of anilines is 1. The third-order valence-corrected chi connectivity index (χ3v) is 6.00. The van der Waals surface area contributed by atoms with Gasteiger partial charge in [0.15, 0.2) is 0 Å². The Morgan fingerprint density at radius 2 is 2.00 bits per heavy atom. The van der Waals surface area contributed by atoms with E-state index in [2.05, 4.69) is 15.1 Å². The minimum Gasteiger partial charge on any atom is -0.365 e. The second-order valence-electron chi connectivity index (χ2n) is 7.90. The Morgan fingerprint density at radius 1 is 1.23 bits per heavy atom. The molecule has 7 nitrogen and oxygen atoms in total. The van der Waals surface area contributed by atoms with Crippen LogP contribution in [-0.2, 0) is 17.8 Å². The molecule has 0 aromatic heterocycles. The molecule has 1 N–H and O–H groups in total. The molecule has 30 heavy (non-hydrogen) atoms. The molecule has 2 aromatic rings. The smallest absolute Gasteiger partial charge is 0.269 e. The highest BCUT2D eigenvalue weighted by Crippen LogP contribution is 2.38. The summed E-state index contributed by atoms with van der Waals surface area (Å²) in [6, 6.07) is 11.4. The lowest BCUT2D eigenvalue weighted by molar-refractivity contribution is -0.384. The molecule has 0 saturated carbocycles. The number of benzene rings is 2. The van der Waals surface area contributed by atoms with Gasteiger partial charge in [-0.2, -0.15) is 0 Å². The molecule has 0 spiro atoms. The van der Waals surface area contributed by atoms with E-state index in [1.807, 2.05) is 13.0 Å². The Morgan fingerprint density at radius 3 is 2.70 bits per heavy atom. The lowest BCUT2D eigenvalue weighted by atomic mass is 9.83. The average molecular weight is 412 g/mol. The number of hydrogen-bond donors (Lipinski definition) is 1. The molecule has 2 aliphatic rings. The second kappa shape index (κ2) is 8.39. The van der Waals surface area contributed by atoms with Gasteiger partial charge in [-0.25, -0.2) is 4.39 Å². The minimum atomic E-state index is -0.395. The summed E-state index contributed by atoms with van der Waals surface area (Å²) < 4.78 is 13.2. The molecule has 2 aliphatic heterocycles. The van der Waals surface area contributed by atoms with Crippen molar-refractivity contribution in [1.82, 2.24) is 10.2 Å². The van der Waals surface area contributed by atoms with Gasteiger partial charge in [-0.1, -0.05) is 12.1 Å². The zero-order chi connectivity index (χ0) is 21.3. The molecule has 8 heteroatoms. The van der Waals surface area contributed by atoms with Crippen molar-refractivity contribution in [2.24, 2.45) is 5.92 Å². The molecule has 1 fully saturated rings. The van der Waals surface area contributed by atoms with E-state index in [0.29, 0.717) is 26.1 Å². The number of nitrogens with one attached hydrogen (secondary N) is 1. The molecule has 1 saturated heterocycles. The fraction of sp³-hybridized carbons (Fsp3) is 0.409. The lowest BCUT2D eigenvalue weighted by Gasteiger charge is -2.49. The number of fused-ring (bicyclic) bond motifs is 3. The number of nitro groups is 1. The summed E-state index contributed by atoms with van der Waals surface area (Å²) >= 11 is 0. The van der Waals surface area contributed by atoms with Crippen LogP contribution in [0.3, 0.4) is 0 Å². The Balaban J connectivity index is 1.60. The Bertz CT molecular complexity index is 950. The van der Waals surface area contributed by atoms with Gasteiger partial charge >= 0.3 is 0 Å². The van der Waals surface area contributed by atoms with E-state index in [9.17, 15) is 19.3 Å². The molecule has 1 amide bonds. The summed E-state index contributed by atoms with van der Waals surface area (Å²) in [6.07, 6.45) is 0.481. The van der Waals surface area contributed by atoms with Gasteiger partial charge in [-0.3, -0.25) is 19.8 Å². The summed E-state index contributed by atoms with van der Waals surface area (Å²) in [4.78, 5) is 28.2. The van der Waals surface area contributed by atoms with Crippen molar-refractivity contribution in [3.05, 3.63) is 69.5 Å². The van der Waals surface area contributed by atoms with Crippen LogP contribution in [0, 0.1) is 21.8 Å². The zero-order valence-electron chi connectivity index (χ0n) is 16.9. The minimum absolute atomic E-state index is 0.0142. The number of hydrogen-bond acceptors (Lipinski definition) is 5. The third-order valence-electron chi connectivity index (χ3n) is 6.00. The standard InChI is InChI=1S/C22H25FN4O3/c1-2-24-22(28)19-12-16-11-18(27(29)30)7-8-20(16)26-10-9-25(14-21(19)26)13-15-3-5-17(23)6-4-15/h3-8,11,19,21H,2,9-10,12-14H2,1H3,(H,24,28)/t19-,21+/m0/s1. The van der Waals surface area contributed by atoms with Gasteiger partial charge in [0, 0.05) is 50.5 Å². The molecule has 158 valence electrons. The first kappa shape index (κ1) is 20.3. The van der Waals surface area contributed by atoms with E-state index in [0.717, 1.165) is 29.9 Å². The monoisotopic (exact) mass is 412 g/mol. The average Bonchev–Trinajstić information content (AvgIpc) is 2.74. The molecule has 0 bridgehead atoms. The first-order valence-corrected chi connectivity index (χ1v) is 10.2. The number of carbonyl (C=O) groups is 1. The zero-order valence-corrected chi connectivity index (χ0v) is 16.9. The molecule has 0 unspecified atom stereocenters. The highest BCUT2D eigenvalue weighted by Gasteiger charge is 2.41. The van der Waals surface area contributed by atoms with Crippen LogP contribution in [0.1, 0.15) is 18.1 Å². The van der Waals surface area contributed by atoms with Crippen molar-refractivity contribution in [3.8, 4) is 0 Å². The quantitative estimate of drug-likeness (QED) is 0.604. The number of piperazine rings is 1. The molecular weight excluding hydrogens is 387 g/mol. The summed E-state index contributed by atoms with van der Waals surface area (Å²) in [5.41, 5.74) is 2.92. The van der Waals surface area contributed by atoms with Crippen molar-refractivity contribution >= 4 is 17.3 Å². The molecule has 0 radical (unpaired) electrons.